The normalized spacial score (nSPS) is 16.7. The van der Waals surface area contributed by atoms with Crippen molar-refractivity contribution >= 4 is 11.8 Å². The van der Waals surface area contributed by atoms with Gasteiger partial charge in [0, 0.05) is 19.0 Å². The minimum atomic E-state index is -1.05. The summed E-state index contributed by atoms with van der Waals surface area (Å²) in [6.45, 7) is 5.53. The highest BCUT2D eigenvalue weighted by Gasteiger charge is 2.30. The summed E-state index contributed by atoms with van der Waals surface area (Å²) in [6, 6.07) is 16.2. The molecule has 0 unspecified atom stereocenters. The van der Waals surface area contributed by atoms with Gasteiger partial charge in [0.2, 0.25) is 5.69 Å². The standard InChI is InChI=1S/C21H22N4O2/c1-14-7-6-10-18(15(14)2)25-22-19(21(26)27)20(23-25)24-12-11-17(13-24)16-8-4-3-5-9-16/h3-10,17H,11-13H2,1-2H3,(H,26,27)/t17-/m0/s1. The fraction of sp³-hybridized carbons (Fsp3) is 0.286. The summed E-state index contributed by atoms with van der Waals surface area (Å²) < 4.78 is 0. The van der Waals surface area contributed by atoms with Crippen LogP contribution in [0.1, 0.15) is 39.5 Å². The lowest BCUT2D eigenvalue weighted by atomic mass is 9.99. The molecule has 3 aromatic rings. The minimum absolute atomic E-state index is 0.00428. The van der Waals surface area contributed by atoms with Crippen LogP contribution in [-0.2, 0) is 0 Å². The second kappa shape index (κ2) is 6.87. The number of aromatic carboxylic acids is 1. The van der Waals surface area contributed by atoms with Crippen molar-refractivity contribution in [1.29, 1.82) is 0 Å². The van der Waals surface area contributed by atoms with E-state index in [-0.39, 0.29) is 5.69 Å². The minimum Gasteiger partial charge on any atom is -0.476 e. The molecule has 0 spiro atoms. The Hall–Kier alpha value is -3.15. The zero-order chi connectivity index (χ0) is 19.0. The molecule has 4 rings (SSSR count). The van der Waals surface area contributed by atoms with Crippen LogP contribution in [0.4, 0.5) is 5.82 Å². The van der Waals surface area contributed by atoms with E-state index in [1.54, 1.807) is 0 Å². The van der Waals surface area contributed by atoms with E-state index in [0.29, 0.717) is 11.7 Å². The van der Waals surface area contributed by atoms with E-state index in [4.69, 9.17) is 0 Å². The monoisotopic (exact) mass is 362 g/mol. The molecule has 2 aromatic carbocycles. The van der Waals surface area contributed by atoms with E-state index < -0.39 is 5.97 Å². The first-order valence-corrected chi connectivity index (χ1v) is 9.11. The van der Waals surface area contributed by atoms with Gasteiger partial charge >= 0.3 is 5.97 Å². The quantitative estimate of drug-likeness (QED) is 0.768. The van der Waals surface area contributed by atoms with Gasteiger partial charge in [-0.25, -0.2) is 4.79 Å². The molecule has 0 radical (unpaired) electrons. The molecule has 1 aliphatic rings. The third-order valence-electron chi connectivity index (χ3n) is 5.35. The Balaban J connectivity index is 1.68. The maximum atomic E-state index is 11.8. The maximum absolute atomic E-state index is 11.8. The summed E-state index contributed by atoms with van der Waals surface area (Å²) in [5.74, 6) is -0.231. The summed E-state index contributed by atoms with van der Waals surface area (Å²) in [7, 11) is 0. The van der Waals surface area contributed by atoms with Gasteiger partial charge in [-0.15, -0.1) is 15.0 Å². The van der Waals surface area contributed by atoms with Crippen molar-refractivity contribution < 1.29 is 9.90 Å². The average Bonchev–Trinajstić information content (AvgIpc) is 3.32. The number of aryl methyl sites for hydroxylation is 1. The Morgan fingerprint density at radius 1 is 1.07 bits per heavy atom. The van der Waals surface area contributed by atoms with Gasteiger partial charge in [0.25, 0.3) is 0 Å². The molecule has 27 heavy (non-hydrogen) atoms. The predicted molar refractivity (Wildman–Crippen MR) is 104 cm³/mol. The van der Waals surface area contributed by atoms with E-state index in [1.807, 2.05) is 55.1 Å². The summed E-state index contributed by atoms with van der Waals surface area (Å²) in [6.07, 6.45) is 0.972. The van der Waals surface area contributed by atoms with Gasteiger partial charge in [-0.2, -0.15) is 0 Å². The maximum Gasteiger partial charge on any atom is 0.360 e. The van der Waals surface area contributed by atoms with Crippen molar-refractivity contribution in [3.63, 3.8) is 0 Å². The van der Waals surface area contributed by atoms with Crippen LogP contribution in [0.25, 0.3) is 5.69 Å². The molecule has 6 heteroatoms. The predicted octanol–water partition coefficient (Wildman–Crippen LogP) is 3.58. The van der Waals surface area contributed by atoms with Gasteiger partial charge in [-0.3, -0.25) is 0 Å². The topological polar surface area (TPSA) is 71.2 Å². The molecular formula is C21H22N4O2. The third-order valence-corrected chi connectivity index (χ3v) is 5.35. The van der Waals surface area contributed by atoms with Crippen molar-refractivity contribution in [2.24, 2.45) is 0 Å². The number of hydrogen-bond acceptors (Lipinski definition) is 4. The molecule has 0 amide bonds. The van der Waals surface area contributed by atoms with Crippen LogP contribution in [0.2, 0.25) is 0 Å². The highest BCUT2D eigenvalue weighted by atomic mass is 16.4. The average molecular weight is 362 g/mol. The van der Waals surface area contributed by atoms with E-state index in [9.17, 15) is 9.90 Å². The van der Waals surface area contributed by atoms with Crippen molar-refractivity contribution in [2.45, 2.75) is 26.2 Å². The lowest BCUT2D eigenvalue weighted by Gasteiger charge is -2.16. The first-order valence-electron chi connectivity index (χ1n) is 9.11. The molecule has 1 aliphatic heterocycles. The summed E-state index contributed by atoms with van der Waals surface area (Å²) in [5.41, 5.74) is 4.25. The van der Waals surface area contributed by atoms with Gasteiger partial charge in [0.15, 0.2) is 5.82 Å². The van der Waals surface area contributed by atoms with Crippen molar-refractivity contribution in [1.82, 2.24) is 15.0 Å². The first kappa shape index (κ1) is 17.3. The molecule has 6 nitrogen and oxygen atoms in total. The van der Waals surface area contributed by atoms with Crippen molar-refractivity contribution in [3.8, 4) is 5.69 Å². The number of nitrogens with zero attached hydrogens (tertiary/aromatic N) is 4. The summed E-state index contributed by atoms with van der Waals surface area (Å²) in [5, 5.41) is 18.5. The molecule has 1 atom stereocenters. The number of carboxylic acid groups (broad SMARTS) is 1. The van der Waals surface area contributed by atoms with Crippen molar-refractivity contribution in [2.75, 3.05) is 18.0 Å². The summed E-state index contributed by atoms with van der Waals surface area (Å²) >= 11 is 0. The van der Waals surface area contributed by atoms with Crippen LogP contribution in [0.5, 0.6) is 0 Å². The van der Waals surface area contributed by atoms with E-state index >= 15 is 0 Å². The smallest absolute Gasteiger partial charge is 0.360 e. The van der Waals surface area contributed by atoms with Gasteiger partial charge in [-0.05, 0) is 43.0 Å². The Kier molecular flexibility index (Phi) is 4.39. The number of carboxylic acids is 1. The van der Waals surface area contributed by atoms with Crippen LogP contribution in [0, 0.1) is 13.8 Å². The van der Waals surface area contributed by atoms with Crippen LogP contribution >= 0.6 is 0 Å². The lowest BCUT2D eigenvalue weighted by molar-refractivity contribution is 0.0690. The second-order valence-electron chi connectivity index (χ2n) is 7.03. The highest BCUT2D eigenvalue weighted by Crippen LogP contribution is 2.31. The number of carbonyl (C=O) groups is 1. The van der Waals surface area contributed by atoms with E-state index in [1.165, 1.54) is 10.4 Å². The number of benzene rings is 2. The fourth-order valence-electron chi connectivity index (χ4n) is 3.66. The Labute approximate surface area is 158 Å². The number of hydrogen-bond donors (Lipinski definition) is 1. The molecule has 2 heterocycles. The lowest BCUT2D eigenvalue weighted by Crippen LogP contribution is -2.22. The highest BCUT2D eigenvalue weighted by molar-refractivity contribution is 5.91. The SMILES string of the molecule is Cc1cccc(-n2nc(C(=O)O)c(N3CC[C@H](c4ccccc4)C3)n2)c1C. The molecule has 1 aromatic heterocycles. The molecule has 1 fully saturated rings. The molecule has 138 valence electrons. The van der Waals surface area contributed by atoms with E-state index in [0.717, 1.165) is 36.3 Å². The van der Waals surface area contributed by atoms with Crippen LogP contribution in [0.3, 0.4) is 0 Å². The Morgan fingerprint density at radius 2 is 1.85 bits per heavy atom. The molecule has 0 saturated carbocycles. The number of rotatable bonds is 4. The summed E-state index contributed by atoms with van der Waals surface area (Å²) in [4.78, 5) is 15.3. The Bertz CT molecular complexity index is 981. The molecule has 1 saturated heterocycles. The molecular weight excluding hydrogens is 340 g/mol. The Morgan fingerprint density at radius 3 is 2.59 bits per heavy atom. The van der Waals surface area contributed by atoms with Gasteiger partial charge in [0.05, 0.1) is 5.69 Å². The fourth-order valence-corrected chi connectivity index (χ4v) is 3.66. The van der Waals surface area contributed by atoms with Crippen LogP contribution < -0.4 is 4.90 Å². The van der Waals surface area contributed by atoms with Gasteiger partial charge in [-0.1, -0.05) is 42.5 Å². The van der Waals surface area contributed by atoms with Crippen molar-refractivity contribution in [3.05, 3.63) is 70.9 Å². The molecule has 1 N–H and O–H groups in total. The third kappa shape index (κ3) is 3.18. The second-order valence-corrected chi connectivity index (χ2v) is 7.03. The van der Waals surface area contributed by atoms with Gasteiger partial charge < -0.3 is 10.0 Å². The first-order chi connectivity index (χ1) is 13.0. The number of anilines is 1. The molecule has 0 aliphatic carbocycles. The number of aromatic nitrogens is 3. The van der Waals surface area contributed by atoms with Crippen LogP contribution in [0.15, 0.2) is 48.5 Å². The zero-order valence-corrected chi connectivity index (χ0v) is 15.5. The zero-order valence-electron chi connectivity index (χ0n) is 15.5. The van der Waals surface area contributed by atoms with E-state index in [2.05, 4.69) is 22.3 Å². The van der Waals surface area contributed by atoms with Gasteiger partial charge in [0.1, 0.15) is 0 Å². The van der Waals surface area contributed by atoms with Crippen LogP contribution in [-0.4, -0.2) is 39.2 Å². The molecule has 0 bridgehead atoms. The largest absolute Gasteiger partial charge is 0.476 e.